The van der Waals surface area contributed by atoms with Gasteiger partial charge in [-0.3, -0.25) is 4.79 Å². The van der Waals surface area contributed by atoms with Crippen LogP contribution in [0.25, 0.3) is 0 Å². The maximum absolute atomic E-state index is 14.2. The van der Waals surface area contributed by atoms with Gasteiger partial charge in [-0.2, -0.15) is 0 Å². The normalized spacial score (nSPS) is 16.7. The number of aromatic hydroxyl groups is 1. The molecule has 2 aromatic carbocycles. The molecule has 26 heavy (non-hydrogen) atoms. The minimum absolute atomic E-state index is 0.0187. The zero-order valence-electron chi connectivity index (χ0n) is 13.8. The van der Waals surface area contributed by atoms with Crippen molar-refractivity contribution in [3.8, 4) is 17.2 Å². The molecular formula is C19H17FO6. The minimum atomic E-state index is -0.925. The Bertz CT molecular complexity index is 814. The topological polar surface area (TPSA) is 82.1 Å². The monoisotopic (exact) mass is 360 g/mol. The van der Waals surface area contributed by atoms with Gasteiger partial charge < -0.3 is 19.3 Å². The molecule has 1 unspecified atom stereocenters. The van der Waals surface area contributed by atoms with Crippen LogP contribution in [0.1, 0.15) is 40.0 Å². The Kier molecular flexibility index (Phi) is 5.48. The molecule has 1 heterocycles. The molecule has 2 aromatic rings. The summed E-state index contributed by atoms with van der Waals surface area (Å²) in [6.07, 6.45) is 2.69. The third-order valence-corrected chi connectivity index (χ3v) is 3.90. The summed E-state index contributed by atoms with van der Waals surface area (Å²) in [4.78, 5) is 22.9. The molecule has 1 aliphatic heterocycles. The molecule has 0 amide bonds. The van der Waals surface area contributed by atoms with Crippen LogP contribution in [0.5, 0.6) is 17.2 Å². The molecule has 1 atom stereocenters. The number of carbonyl (C=O) groups excluding carboxylic acids is 2. The number of benzene rings is 2. The lowest BCUT2D eigenvalue weighted by Crippen LogP contribution is -2.25. The van der Waals surface area contributed by atoms with Gasteiger partial charge in [-0.25, -0.2) is 9.18 Å². The van der Waals surface area contributed by atoms with Gasteiger partial charge in [-0.1, -0.05) is 0 Å². The van der Waals surface area contributed by atoms with Crippen molar-refractivity contribution in [3.05, 3.63) is 53.3 Å². The average molecular weight is 360 g/mol. The third kappa shape index (κ3) is 4.18. The Labute approximate surface area is 149 Å². The quantitative estimate of drug-likeness (QED) is 0.499. The molecule has 1 fully saturated rings. The number of halogens is 1. The van der Waals surface area contributed by atoms with Crippen molar-refractivity contribution in [2.75, 3.05) is 6.61 Å². The summed E-state index contributed by atoms with van der Waals surface area (Å²) in [7, 11) is 0. The summed E-state index contributed by atoms with van der Waals surface area (Å²) < 4.78 is 30.3. The van der Waals surface area contributed by atoms with Crippen LogP contribution in [0.15, 0.2) is 36.4 Å². The predicted molar refractivity (Wildman–Crippen MR) is 89.1 cm³/mol. The molecule has 1 aliphatic rings. The van der Waals surface area contributed by atoms with E-state index in [2.05, 4.69) is 0 Å². The lowest BCUT2D eigenvalue weighted by molar-refractivity contribution is -0.106. The van der Waals surface area contributed by atoms with Gasteiger partial charge in [0.25, 0.3) is 0 Å². The fraction of sp³-hybridized carbons (Fsp3) is 0.263. The van der Waals surface area contributed by atoms with E-state index >= 15 is 0 Å². The number of ether oxygens (including phenoxy) is 3. The highest BCUT2D eigenvalue weighted by atomic mass is 19.1. The van der Waals surface area contributed by atoms with Crippen LogP contribution in [-0.2, 0) is 4.74 Å². The molecule has 1 saturated heterocycles. The van der Waals surface area contributed by atoms with Crippen molar-refractivity contribution in [3.63, 3.8) is 0 Å². The van der Waals surface area contributed by atoms with Gasteiger partial charge >= 0.3 is 5.97 Å². The number of rotatable bonds is 5. The molecule has 0 bridgehead atoms. The van der Waals surface area contributed by atoms with Gasteiger partial charge in [0.1, 0.15) is 23.1 Å². The van der Waals surface area contributed by atoms with Crippen molar-refractivity contribution in [1.29, 1.82) is 0 Å². The number of aldehydes is 1. The second kappa shape index (κ2) is 7.97. The Morgan fingerprint density at radius 2 is 2.00 bits per heavy atom. The number of esters is 1. The maximum Gasteiger partial charge on any atom is 0.346 e. The Morgan fingerprint density at radius 3 is 2.69 bits per heavy atom. The number of phenols is 1. The first-order chi connectivity index (χ1) is 12.6. The molecule has 1 N–H and O–H groups in total. The maximum atomic E-state index is 14.2. The molecule has 0 aliphatic carbocycles. The first kappa shape index (κ1) is 17.9. The summed E-state index contributed by atoms with van der Waals surface area (Å²) in [5.41, 5.74) is -0.311. The van der Waals surface area contributed by atoms with Gasteiger partial charge in [-0.05, 0) is 43.2 Å². The van der Waals surface area contributed by atoms with Gasteiger partial charge in [0.2, 0.25) is 0 Å². The van der Waals surface area contributed by atoms with Crippen molar-refractivity contribution in [2.45, 2.75) is 25.6 Å². The van der Waals surface area contributed by atoms with E-state index in [-0.39, 0.29) is 28.4 Å². The van der Waals surface area contributed by atoms with Gasteiger partial charge in [-0.15, -0.1) is 0 Å². The fourth-order valence-electron chi connectivity index (χ4n) is 2.54. The smallest absolute Gasteiger partial charge is 0.346 e. The van der Waals surface area contributed by atoms with Crippen LogP contribution in [-0.4, -0.2) is 30.3 Å². The van der Waals surface area contributed by atoms with Crippen LogP contribution in [0.4, 0.5) is 4.39 Å². The highest BCUT2D eigenvalue weighted by Gasteiger charge is 2.19. The summed E-state index contributed by atoms with van der Waals surface area (Å²) in [5.74, 6) is -1.68. The van der Waals surface area contributed by atoms with E-state index in [4.69, 9.17) is 14.2 Å². The van der Waals surface area contributed by atoms with E-state index < -0.39 is 18.1 Å². The molecule has 136 valence electrons. The van der Waals surface area contributed by atoms with E-state index in [0.29, 0.717) is 12.9 Å². The van der Waals surface area contributed by atoms with Crippen LogP contribution >= 0.6 is 0 Å². The Hall–Kier alpha value is -2.93. The molecule has 6 nitrogen and oxygen atoms in total. The van der Waals surface area contributed by atoms with E-state index in [0.717, 1.165) is 25.3 Å². The van der Waals surface area contributed by atoms with Crippen LogP contribution in [0.2, 0.25) is 0 Å². The average Bonchev–Trinajstić information content (AvgIpc) is 2.64. The highest BCUT2D eigenvalue weighted by Crippen LogP contribution is 2.25. The van der Waals surface area contributed by atoms with Crippen molar-refractivity contribution in [1.82, 2.24) is 0 Å². The lowest BCUT2D eigenvalue weighted by atomic mass is 10.2. The Balaban J connectivity index is 1.70. The molecule has 0 aromatic heterocycles. The summed E-state index contributed by atoms with van der Waals surface area (Å²) in [6.45, 7) is 0.604. The second-order valence-electron chi connectivity index (χ2n) is 5.78. The minimum Gasteiger partial charge on any atom is -0.507 e. The lowest BCUT2D eigenvalue weighted by Gasteiger charge is -2.23. The zero-order chi connectivity index (χ0) is 18.5. The Morgan fingerprint density at radius 1 is 1.19 bits per heavy atom. The van der Waals surface area contributed by atoms with Gasteiger partial charge in [0, 0.05) is 12.5 Å². The molecule has 0 spiro atoms. The molecule has 0 radical (unpaired) electrons. The standard InChI is InChI=1S/C19H17FO6/c20-16-10-14(25-18-3-1-2-8-24-18)4-6-15(16)19(23)26-13-5-7-17(22)12(9-13)11-21/h4-7,9-11,18,22H,1-3,8H2. The second-order valence-corrected chi connectivity index (χ2v) is 5.78. The first-order valence-corrected chi connectivity index (χ1v) is 8.15. The summed E-state index contributed by atoms with van der Waals surface area (Å²) in [6, 6.07) is 7.53. The number of hydrogen-bond acceptors (Lipinski definition) is 6. The molecule has 3 rings (SSSR count). The highest BCUT2D eigenvalue weighted by molar-refractivity contribution is 5.92. The van der Waals surface area contributed by atoms with E-state index in [9.17, 15) is 19.1 Å². The summed E-state index contributed by atoms with van der Waals surface area (Å²) in [5, 5.41) is 9.44. The third-order valence-electron chi connectivity index (χ3n) is 3.90. The zero-order valence-corrected chi connectivity index (χ0v) is 13.8. The number of hydrogen-bond donors (Lipinski definition) is 1. The number of carbonyl (C=O) groups is 2. The van der Waals surface area contributed by atoms with E-state index in [1.807, 2.05) is 0 Å². The van der Waals surface area contributed by atoms with Crippen LogP contribution < -0.4 is 9.47 Å². The van der Waals surface area contributed by atoms with Gasteiger partial charge in [0.05, 0.1) is 17.7 Å². The van der Waals surface area contributed by atoms with Crippen LogP contribution in [0.3, 0.4) is 0 Å². The molecule has 7 heteroatoms. The van der Waals surface area contributed by atoms with Gasteiger partial charge in [0.15, 0.2) is 12.6 Å². The fourth-order valence-corrected chi connectivity index (χ4v) is 2.54. The van der Waals surface area contributed by atoms with Crippen molar-refractivity contribution < 1.29 is 33.3 Å². The van der Waals surface area contributed by atoms with E-state index in [1.54, 1.807) is 0 Å². The largest absolute Gasteiger partial charge is 0.507 e. The summed E-state index contributed by atoms with van der Waals surface area (Å²) >= 11 is 0. The SMILES string of the molecule is O=Cc1cc(OC(=O)c2ccc(OC3CCCCO3)cc2F)ccc1O. The molecule has 0 saturated carbocycles. The van der Waals surface area contributed by atoms with Crippen molar-refractivity contribution in [2.24, 2.45) is 0 Å². The predicted octanol–water partition coefficient (Wildman–Crippen LogP) is 3.47. The van der Waals surface area contributed by atoms with Crippen LogP contribution in [0, 0.1) is 5.82 Å². The van der Waals surface area contributed by atoms with Crippen molar-refractivity contribution >= 4 is 12.3 Å². The van der Waals surface area contributed by atoms with E-state index in [1.165, 1.54) is 30.3 Å². The molecular weight excluding hydrogens is 343 g/mol. The number of phenolic OH excluding ortho intramolecular Hbond substituents is 1. The first-order valence-electron chi connectivity index (χ1n) is 8.15.